The predicted molar refractivity (Wildman–Crippen MR) is 57.2 cm³/mol. The molecule has 2 N–H and O–H groups in total. The van der Waals surface area contributed by atoms with Crippen molar-refractivity contribution in [3.05, 3.63) is 0 Å². The van der Waals surface area contributed by atoms with E-state index in [4.69, 9.17) is 9.84 Å². The van der Waals surface area contributed by atoms with Crippen molar-refractivity contribution in [2.45, 2.75) is 37.3 Å². The minimum Gasteiger partial charge on any atom is -0.479 e. The lowest BCUT2D eigenvalue weighted by atomic mass is 9.90. The Morgan fingerprint density at radius 1 is 1.25 bits per heavy atom. The molecule has 0 unspecified atom stereocenters. The molecule has 0 spiro atoms. The highest BCUT2D eigenvalue weighted by molar-refractivity contribution is 5.77. The highest BCUT2D eigenvalue weighted by atomic mass is 16.5. The third kappa shape index (κ3) is 2.36. The zero-order chi connectivity index (χ0) is 11.6. The van der Waals surface area contributed by atoms with Crippen molar-refractivity contribution < 1.29 is 19.7 Å². The zero-order valence-corrected chi connectivity index (χ0v) is 9.39. The lowest BCUT2D eigenvalue weighted by Crippen LogP contribution is -2.52. The summed E-state index contributed by atoms with van der Waals surface area (Å²) in [6, 6.07) is 0.507. The monoisotopic (exact) mass is 229 g/mol. The van der Waals surface area contributed by atoms with Gasteiger partial charge < -0.3 is 14.9 Å². The van der Waals surface area contributed by atoms with Crippen molar-refractivity contribution >= 4 is 5.97 Å². The molecule has 5 heteroatoms. The average molecular weight is 229 g/mol. The smallest absolute Gasteiger partial charge is 0.335 e. The van der Waals surface area contributed by atoms with Crippen molar-refractivity contribution in [1.29, 1.82) is 0 Å². The van der Waals surface area contributed by atoms with Crippen molar-refractivity contribution in [2.24, 2.45) is 0 Å². The van der Waals surface area contributed by atoms with E-state index in [9.17, 15) is 9.90 Å². The standard InChI is InChI=1S/C11H19NO4/c13-10(14)11(15)3-5-12(6-4-11)9-1-7-16-8-2-9/h9,15H,1-8H2,(H,13,14). The second-order valence-electron chi connectivity index (χ2n) is 4.72. The molecule has 5 nitrogen and oxygen atoms in total. The highest BCUT2D eigenvalue weighted by Crippen LogP contribution is 2.26. The fourth-order valence-corrected chi connectivity index (χ4v) is 2.52. The van der Waals surface area contributed by atoms with Crippen LogP contribution in [-0.2, 0) is 9.53 Å². The topological polar surface area (TPSA) is 70.0 Å². The first-order chi connectivity index (χ1) is 7.62. The summed E-state index contributed by atoms with van der Waals surface area (Å²) in [6.07, 6.45) is 2.70. The Balaban J connectivity index is 1.87. The van der Waals surface area contributed by atoms with E-state index >= 15 is 0 Å². The van der Waals surface area contributed by atoms with E-state index < -0.39 is 11.6 Å². The van der Waals surface area contributed by atoms with Crippen LogP contribution in [0.2, 0.25) is 0 Å². The molecule has 2 heterocycles. The van der Waals surface area contributed by atoms with Gasteiger partial charge in [0.1, 0.15) is 0 Å². The van der Waals surface area contributed by atoms with Gasteiger partial charge in [-0.25, -0.2) is 4.79 Å². The average Bonchev–Trinajstić information content (AvgIpc) is 2.31. The lowest BCUT2D eigenvalue weighted by molar-refractivity contribution is -0.164. The maximum Gasteiger partial charge on any atom is 0.335 e. The van der Waals surface area contributed by atoms with Crippen LogP contribution in [0.5, 0.6) is 0 Å². The first kappa shape index (κ1) is 11.8. The molecule has 0 aromatic carbocycles. The van der Waals surface area contributed by atoms with Crippen LogP contribution in [0.15, 0.2) is 0 Å². The van der Waals surface area contributed by atoms with Crippen LogP contribution in [0.4, 0.5) is 0 Å². The van der Waals surface area contributed by atoms with E-state index in [0.717, 1.165) is 26.1 Å². The Labute approximate surface area is 95.0 Å². The number of ether oxygens (including phenoxy) is 1. The molecule has 2 saturated heterocycles. The summed E-state index contributed by atoms with van der Waals surface area (Å²) in [7, 11) is 0. The van der Waals surface area contributed by atoms with E-state index in [0.29, 0.717) is 32.0 Å². The lowest BCUT2D eigenvalue weighted by Gasteiger charge is -2.41. The molecule has 0 aromatic heterocycles. The van der Waals surface area contributed by atoms with Gasteiger partial charge in [0.25, 0.3) is 0 Å². The fraction of sp³-hybridized carbons (Fsp3) is 0.909. The third-order valence-corrected chi connectivity index (χ3v) is 3.73. The van der Waals surface area contributed by atoms with Crippen LogP contribution < -0.4 is 0 Å². The quantitative estimate of drug-likeness (QED) is 0.701. The molecular weight excluding hydrogens is 210 g/mol. The summed E-state index contributed by atoms with van der Waals surface area (Å²) >= 11 is 0. The second-order valence-corrected chi connectivity index (χ2v) is 4.72. The van der Waals surface area contributed by atoms with Gasteiger partial charge in [0, 0.05) is 32.3 Å². The largest absolute Gasteiger partial charge is 0.479 e. The molecule has 0 bridgehead atoms. The first-order valence-corrected chi connectivity index (χ1v) is 5.89. The van der Waals surface area contributed by atoms with Gasteiger partial charge in [-0.3, -0.25) is 4.90 Å². The molecule has 0 amide bonds. The summed E-state index contributed by atoms with van der Waals surface area (Å²) in [6.45, 7) is 2.94. The number of likely N-dealkylation sites (tertiary alicyclic amines) is 1. The minimum absolute atomic E-state index is 0.333. The molecule has 92 valence electrons. The summed E-state index contributed by atoms with van der Waals surface area (Å²) < 4.78 is 5.30. The predicted octanol–water partition coefficient (Wildman–Crippen LogP) is 0.0769. The van der Waals surface area contributed by atoms with Gasteiger partial charge in [-0.2, -0.15) is 0 Å². The van der Waals surface area contributed by atoms with E-state index in [2.05, 4.69) is 4.90 Å². The van der Waals surface area contributed by atoms with Crippen LogP contribution in [-0.4, -0.2) is 59.0 Å². The second kappa shape index (κ2) is 4.69. The molecule has 0 atom stereocenters. The molecule has 0 radical (unpaired) electrons. The summed E-state index contributed by atoms with van der Waals surface area (Å²) in [5.74, 6) is -1.08. The van der Waals surface area contributed by atoms with Crippen molar-refractivity contribution in [2.75, 3.05) is 26.3 Å². The number of carboxylic acids is 1. The minimum atomic E-state index is -1.50. The molecular formula is C11H19NO4. The van der Waals surface area contributed by atoms with Gasteiger partial charge in [-0.15, -0.1) is 0 Å². The number of piperidine rings is 1. The van der Waals surface area contributed by atoms with Crippen LogP contribution in [0.3, 0.4) is 0 Å². The summed E-state index contributed by atoms with van der Waals surface area (Å²) in [4.78, 5) is 13.2. The van der Waals surface area contributed by atoms with Gasteiger partial charge in [0.05, 0.1) is 0 Å². The van der Waals surface area contributed by atoms with E-state index in [1.807, 2.05) is 0 Å². The van der Waals surface area contributed by atoms with Gasteiger partial charge in [0.15, 0.2) is 5.60 Å². The van der Waals surface area contributed by atoms with Gasteiger partial charge in [-0.05, 0) is 25.7 Å². The van der Waals surface area contributed by atoms with Crippen molar-refractivity contribution in [3.8, 4) is 0 Å². The number of rotatable bonds is 2. The van der Waals surface area contributed by atoms with Crippen LogP contribution in [0.25, 0.3) is 0 Å². The SMILES string of the molecule is O=C(O)C1(O)CCN(C2CCOCC2)CC1. The molecule has 2 aliphatic heterocycles. The Hall–Kier alpha value is -0.650. The van der Waals surface area contributed by atoms with Gasteiger partial charge in [-0.1, -0.05) is 0 Å². The Morgan fingerprint density at radius 2 is 1.81 bits per heavy atom. The molecule has 16 heavy (non-hydrogen) atoms. The maximum absolute atomic E-state index is 10.9. The zero-order valence-electron chi connectivity index (χ0n) is 9.39. The number of aliphatic hydroxyl groups is 1. The molecule has 2 aliphatic rings. The van der Waals surface area contributed by atoms with Crippen molar-refractivity contribution in [3.63, 3.8) is 0 Å². The molecule has 0 aromatic rings. The summed E-state index contributed by atoms with van der Waals surface area (Å²) in [5.41, 5.74) is -1.50. The third-order valence-electron chi connectivity index (χ3n) is 3.73. The molecule has 0 saturated carbocycles. The van der Waals surface area contributed by atoms with E-state index in [-0.39, 0.29) is 0 Å². The molecule has 2 rings (SSSR count). The normalized spacial score (nSPS) is 27.8. The van der Waals surface area contributed by atoms with Crippen molar-refractivity contribution in [1.82, 2.24) is 4.90 Å². The van der Waals surface area contributed by atoms with Crippen LogP contribution in [0, 0.1) is 0 Å². The Morgan fingerprint density at radius 3 is 2.31 bits per heavy atom. The molecule has 2 fully saturated rings. The van der Waals surface area contributed by atoms with E-state index in [1.54, 1.807) is 0 Å². The number of hydrogen-bond acceptors (Lipinski definition) is 4. The molecule has 0 aliphatic carbocycles. The van der Waals surface area contributed by atoms with Crippen LogP contribution >= 0.6 is 0 Å². The maximum atomic E-state index is 10.9. The number of aliphatic carboxylic acids is 1. The highest BCUT2D eigenvalue weighted by Gasteiger charge is 2.40. The van der Waals surface area contributed by atoms with Crippen LogP contribution in [0.1, 0.15) is 25.7 Å². The van der Waals surface area contributed by atoms with E-state index in [1.165, 1.54) is 0 Å². The Bertz CT molecular complexity index is 255. The Kier molecular flexibility index (Phi) is 3.47. The fourth-order valence-electron chi connectivity index (χ4n) is 2.52. The van der Waals surface area contributed by atoms with Gasteiger partial charge >= 0.3 is 5.97 Å². The number of nitrogens with zero attached hydrogens (tertiary/aromatic N) is 1. The van der Waals surface area contributed by atoms with Gasteiger partial charge in [0.2, 0.25) is 0 Å². The first-order valence-electron chi connectivity index (χ1n) is 5.89. The number of carboxylic acid groups (broad SMARTS) is 1. The number of carbonyl (C=O) groups is 1. The number of hydrogen-bond donors (Lipinski definition) is 2. The summed E-state index contributed by atoms with van der Waals surface area (Å²) in [5, 5.41) is 18.7.